The van der Waals surface area contributed by atoms with E-state index in [4.69, 9.17) is 10.2 Å². The molecule has 0 aromatic heterocycles. The van der Waals surface area contributed by atoms with Crippen molar-refractivity contribution in [1.29, 1.82) is 0 Å². The molecule has 2 aromatic rings. The van der Waals surface area contributed by atoms with Gasteiger partial charge in [-0.25, -0.2) is 20.0 Å². The van der Waals surface area contributed by atoms with Gasteiger partial charge < -0.3 is 20.4 Å². The Morgan fingerprint density at radius 2 is 0.838 bits per heavy atom. The largest absolute Gasteiger partial charge is 2.00 e. The van der Waals surface area contributed by atoms with Crippen molar-refractivity contribution in [3.63, 3.8) is 0 Å². The number of para-hydroxylation sites is 4. The fraction of sp³-hybridized carbons (Fsp3) is 0.182. The molecular formula is C22H22N4O8S2Zn. The number of carbonyl (C=O) groups is 2. The molecular weight excluding hydrogens is 578 g/mol. The summed E-state index contributed by atoms with van der Waals surface area (Å²) >= 11 is 0. The number of rotatable bonds is 0. The molecule has 4 rings (SSSR count). The number of nitrogens with zero attached hydrogens (tertiary/aromatic N) is 4. The van der Waals surface area contributed by atoms with E-state index >= 15 is 0 Å². The molecule has 0 unspecified atom stereocenters. The van der Waals surface area contributed by atoms with Gasteiger partial charge in [-0.3, -0.25) is 18.0 Å². The molecule has 37 heavy (non-hydrogen) atoms. The Kier molecular flexibility index (Phi) is 14.8. The van der Waals surface area contributed by atoms with Crippen molar-refractivity contribution in [1.82, 2.24) is 0 Å². The number of fused-ring (bicyclic) bond motifs is 2. The molecule has 2 N–H and O–H groups in total. The number of aliphatic hydroxyl groups is 2. The Hall–Kier alpha value is -3.42. The van der Waals surface area contributed by atoms with Crippen LogP contribution in [0.4, 0.5) is 0 Å². The molecule has 2 aliphatic rings. The maximum absolute atomic E-state index is 11.1. The van der Waals surface area contributed by atoms with Crippen molar-refractivity contribution in [3.8, 4) is 0 Å². The molecule has 0 bridgehead atoms. The Bertz CT molecular complexity index is 1380. The first kappa shape index (κ1) is 33.6. The molecule has 0 saturated heterocycles. The van der Waals surface area contributed by atoms with Crippen LogP contribution < -0.4 is 31.6 Å². The van der Waals surface area contributed by atoms with E-state index in [-0.39, 0.29) is 19.5 Å². The number of amides is 2. The van der Waals surface area contributed by atoms with Crippen molar-refractivity contribution in [2.75, 3.05) is 25.0 Å². The molecule has 0 atom stereocenters. The molecule has 2 aromatic carbocycles. The minimum atomic E-state index is -1.35. The van der Waals surface area contributed by atoms with Crippen LogP contribution in [0.5, 0.6) is 0 Å². The first-order chi connectivity index (χ1) is 16.8. The maximum atomic E-state index is 11.1. The van der Waals surface area contributed by atoms with Gasteiger partial charge in [0.15, 0.2) is 11.4 Å². The molecule has 0 radical (unpaired) electrons. The van der Waals surface area contributed by atoms with Crippen LogP contribution in [0.3, 0.4) is 0 Å². The quantitative estimate of drug-likeness (QED) is 0.182. The zero-order valence-corrected chi connectivity index (χ0v) is 24.9. The molecule has 0 fully saturated rings. The van der Waals surface area contributed by atoms with Gasteiger partial charge in [0.2, 0.25) is 0 Å². The minimum absolute atomic E-state index is 0. The van der Waals surface area contributed by atoms with E-state index in [2.05, 4.69) is 20.0 Å². The maximum Gasteiger partial charge on any atom is 2.00 e. The van der Waals surface area contributed by atoms with E-state index in [1.807, 2.05) is 0 Å². The molecule has 12 nitrogen and oxygen atoms in total. The minimum Gasteiger partial charge on any atom is -0.628 e. The topological polar surface area (TPSA) is 204 Å². The number of hydrogen-bond acceptors (Lipinski definition) is 10. The van der Waals surface area contributed by atoms with Crippen molar-refractivity contribution in [2.45, 2.75) is 0 Å². The summed E-state index contributed by atoms with van der Waals surface area (Å²) in [5.41, 5.74) is -1.08. The number of aliphatic hydroxyl groups excluding tert-OH is 2. The number of benzene rings is 2. The summed E-state index contributed by atoms with van der Waals surface area (Å²) in [7, 11) is -1.22. The molecule has 0 spiro atoms. The van der Waals surface area contributed by atoms with E-state index in [1.165, 1.54) is 0 Å². The van der Waals surface area contributed by atoms with E-state index in [0.717, 1.165) is 0 Å². The second kappa shape index (κ2) is 16.4. The van der Waals surface area contributed by atoms with Crippen molar-refractivity contribution in [2.24, 2.45) is 20.0 Å². The van der Waals surface area contributed by atoms with Crippen LogP contribution >= 0.6 is 0 Å². The zero-order chi connectivity index (χ0) is 27.4. The summed E-state index contributed by atoms with van der Waals surface area (Å²) in [6.45, 7) is 0. The Balaban J connectivity index is 0.000000535. The molecule has 0 aliphatic carbocycles. The van der Waals surface area contributed by atoms with Crippen molar-refractivity contribution >= 4 is 33.4 Å². The smallest absolute Gasteiger partial charge is 0.628 e. The summed E-state index contributed by atoms with van der Waals surface area (Å²) < 4.78 is 19.1. The van der Waals surface area contributed by atoms with Gasteiger partial charge in [-0.1, -0.05) is 24.3 Å². The van der Waals surface area contributed by atoms with Crippen LogP contribution in [0.2, 0.25) is 0 Å². The van der Waals surface area contributed by atoms with Crippen LogP contribution in [-0.2, 0) is 50.7 Å². The standard InChI is InChI=1S/2C9H6N2O3.2C2H6OS.Zn/c2*12-8-7(9(13)14)10-5-3-1-2-4-6(5)11-8;2*1-4(2)3;/h2*1-4,13-14H;2*1-2H3;/q;;;;+2/p-2. The van der Waals surface area contributed by atoms with Gasteiger partial charge in [-0.15, -0.1) is 0 Å². The molecule has 15 heteroatoms. The third-order valence-electron chi connectivity index (χ3n) is 3.48. The summed E-state index contributed by atoms with van der Waals surface area (Å²) in [4.78, 5) is 36.8. The fourth-order valence-corrected chi connectivity index (χ4v) is 2.25. The summed E-state index contributed by atoms with van der Waals surface area (Å²) in [6.07, 6.45) is 6.56. The first-order valence-electron chi connectivity index (χ1n) is 9.67. The van der Waals surface area contributed by atoms with Crippen LogP contribution in [0.15, 0.2) is 91.8 Å². The number of carbonyl (C=O) groups excluding carboxylic acids is 2. The second-order valence-electron chi connectivity index (χ2n) is 6.83. The third-order valence-corrected chi connectivity index (χ3v) is 3.48. The van der Waals surface area contributed by atoms with Crippen LogP contribution in [0.25, 0.3) is 0 Å². The Morgan fingerprint density at radius 1 is 0.622 bits per heavy atom. The average Bonchev–Trinajstić information content (AvgIpc) is 2.77. The summed E-state index contributed by atoms with van der Waals surface area (Å²) in [5, 5.41) is 40.0. The van der Waals surface area contributed by atoms with Gasteiger partial charge in [0, 0.05) is 46.6 Å². The first-order valence-corrected chi connectivity index (χ1v) is 13.6. The average molecular weight is 600 g/mol. The summed E-state index contributed by atoms with van der Waals surface area (Å²) in [5.74, 6) is -4.33. The predicted octanol–water partition coefficient (Wildman–Crippen LogP) is -2.91. The monoisotopic (exact) mass is 598 g/mol. The van der Waals surface area contributed by atoms with E-state index < -0.39 is 56.7 Å². The van der Waals surface area contributed by atoms with Gasteiger partial charge in [-0.05, 0) is 24.3 Å². The predicted molar refractivity (Wildman–Crippen MR) is 127 cm³/mol. The molecule has 192 valence electrons. The van der Waals surface area contributed by atoms with Crippen molar-refractivity contribution < 1.29 is 57.9 Å². The normalized spacial score (nSPS) is 15.4. The van der Waals surface area contributed by atoms with Gasteiger partial charge in [0.05, 0.1) is 33.3 Å². The molecule has 2 amide bonds. The van der Waals surface area contributed by atoms with Crippen LogP contribution in [0, 0.1) is 0 Å². The summed E-state index contributed by atoms with van der Waals surface area (Å²) in [6, 6.07) is 13.2. The van der Waals surface area contributed by atoms with E-state index in [1.54, 1.807) is 73.6 Å². The van der Waals surface area contributed by atoms with Gasteiger partial charge in [0.1, 0.15) is 0 Å². The van der Waals surface area contributed by atoms with Gasteiger partial charge in [0.25, 0.3) is 11.8 Å². The van der Waals surface area contributed by atoms with E-state index in [9.17, 15) is 28.2 Å². The number of hydrogen-bond donors (Lipinski definition) is 2. The van der Waals surface area contributed by atoms with E-state index in [0.29, 0.717) is 21.4 Å². The van der Waals surface area contributed by atoms with Crippen LogP contribution in [0.1, 0.15) is 0 Å². The SMILES string of the molecule is CS(C)=O.CS(C)=O.O=C1N=c2ccccc2=N/C1=C(\[O-])O.O=C1N=c2ccccc2=N/C1=C(\[O-])O.[Zn+2]. The molecule has 2 heterocycles. The third kappa shape index (κ3) is 11.9. The van der Waals surface area contributed by atoms with Crippen molar-refractivity contribution in [3.05, 3.63) is 93.2 Å². The zero-order valence-electron chi connectivity index (χ0n) is 20.3. The second-order valence-corrected chi connectivity index (χ2v) is 9.79. The molecule has 0 saturated carbocycles. The van der Waals surface area contributed by atoms with Gasteiger partial charge >= 0.3 is 19.5 Å². The molecule has 2 aliphatic heterocycles. The van der Waals surface area contributed by atoms with Gasteiger partial charge in [-0.2, -0.15) is 0 Å². The van der Waals surface area contributed by atoms with Crippen LogP contribution in [-0.4, -0.2) is 55.5 Å². The Labute approximate surface area is 228 Å². The Morgan fingerprint density at radius 3 is 1.05 bits per heavy atom. The fourth-order valence-electron chi connectivity index (χ4n) is 2.25.